The van der Waals surface area contributed by atoms with Gasteiger partial charge in [0.05, 0.1) is 19.9 Å². The van der Waals surface area contributed by atoms with E-state index in [1.54, 1.807) is 14.2 Å². The quantitative estimate of drug-likeness (QED) is 0.770. The molecule has 0 bridgehead atoms. The summed E-state index contributed by atoms with van der Waals surface area (Å²) in [5.74, 6) is 2.24. The van der Waals surface area contributed by atoms with Crippen molar-refractivity contribution in [3.63, 3.8) is 0 Å². The summed E-state index contributed by atoms with van der Waals surface area (Å²) >= 11 is 6.60. The molecule has 7 heteroatoms. The molecule has 0 amide bonds. The van der Waals surface area contributed by atoms with Crippen LogP contribution in [-0.2, 0) is 0 Å². The Bertz CT molecular complexity index is 850. The average molecular weight is 375 g/mol. The van der Waals surface area contributed by atoms with Gasteiger partial charge >= 0.3 is 0 Å². The Hall–Kier alpha value is -2.05. The summed E-state index contributed by atoms with van der Waals surface area (Å²) in [5.41, 5.74) is 4.08. The second-order valence-electron chi connectivity index (χ2n) is 6.88. The van der Waals surface area contributed by atoms with Crippen molar-refractivity contribution in [2.45, 2.75) is 12.8 Å². The number of fused-ring (bicyclic) bond motifs is 3. The number of nitrogens with zero attached hydrogens (tertiary/aromatic N) is 4. The predicted octanol–water partition coefficient (Wildman–Crippen LogP) is 3.03. The molecule has 1 atom stereocenters. The van der Waals surface area contributed by atoms with Crippen LogP contribution in [0.4, 0.5) is 5.95 Å². The second kappa shape index (κ2) is 6.59. The molecule has 2 heterocycles. The minimum absolute atomic E-state index is 0.119. The largest absolute Gasteiger partial charge is 0.493 e. The van der Waals surface area contributed by atoms with E-state index >= 15 is 0 Å². The van der Waals surface area contributed by atoms with E-state index in [9.17, 15) is 0 Å². The van der Waals surface area contributed by atoms with Crippen molar-refractivity contribution in [2.75, 3.05) is 52.3 Å². The van der Waals surface area contributed by atoms with Crippen LogP contribution in [0.2, 0.25) is 5.15 Å². The highest BCUT2D eigenvalue weighted by molar-refractivity contribution is 6.31. The van der Waals surface area contributed by atoms with Crippen LogP contribution in [0.15, 0.2) is 12.1 Å². The zero-order valence-corrected chi connectivity index (χ0v) is 16.3. The van der Waals surface area contributed by atoms with Crippen LogP contribution in [0.1, 0.15) is 24.0 Å². The number of aromatic nitrogens is 2. The van der Waals surface area contributed by atoms with E-state index in [1.807, 2.05) is 12.1 Å². The van der Waals surface area contributed by atoms with Crippen molar-refractivity contribution in [1.29, 1.82) is 0 Å². The SMILES string of the molecule is COc1cc2c(cc1OC)C(C)c1c(Cl)nc(N3CCN(C)CC3)nc1-2. The zero-order valence-electron chi connectivity index (χ0n) is 15.5. The van der Waals surface area contributed by atoms with Gasteiger partial charge in [-0.3, -0.25) is 0 Å². The van der Waals surface area contributed by atoms with E-state index in [1.165, 1.54) is 0 Å². The van der Waals surface area contributed by atoms with E-state index in [0.717, 1.165) is 48.6 Å². The summed E-state index contributed by atoms with van der Waals surface area (Å²) in [6, 6.07) is 4.01. The van der Waals surface area contributed by atoms with Gasteiger partial charge in [-0.2, -0.15) is 0 Å². The first kappa shape index (κ1) is 17.4. The minimum Gasteiger partial charge on any atom is -0.493 e. The molecule has 2 aromatic rings. The van der Waals surface area contributed by atoms with Gasteiger partial charge in [-0.05, 0) is 24.7 Å². The third-order valence-corrected chi connectivity index (χ3v) is 5.67. The Morgan fingerprint density at radius 2 is 1.69 bits per heavy atom. The summed E-state index contributed by atoms with van der Waals surface area (Å²) < 4.78 is 10.9. The number of piperazine rings is 1. The third kappa shape index (κ3) is 2.68. The highest BCUT2D eigenvalue weighted by Gasteiger charge is 2.33. The van der Waals surface area contributed by atoms with Gasteiger partial charge in [-0.1, -0.05) is 18.5 Å². The Balaban J connectivity index is 1.81. The molecule has 0 saturated carbocycles. The fraction of sp³-hybridized carbons (Fsp3) is 0.474. The van der Waals surface area contributed by atoms with Crippen molar-refractivity contribution < 1.29 is 9.47 Å². The lowest BCUT2D eigenvalue weighted by Crippen LogP contribution is -2.45. The summed E-state index contributed by atoms with van der Waals surface area (Å²) in [4.78, 5) is 14.0. The molecule has 26 heavy (non-hydrogen) atoms. The molecule has 0 radical (unpaired) electrons. The summed E-state index contributed by atoms with van der Waals surface area (Å²) in [5, 5.41) is 0.533. The standard InChI is InChI=1S/C19H23ClN4O2/c1-11-12-9-14(25-3)15(26-4)10-13(12)17-16(11)18(20)22-19(21-17)24-7-5-23(2)6-8-24/h9-11H,5-8H2,1-4H3. The molecule has 0 N–H and O–H groups in total. The van der Waals surface area contributed by atoms with Gasteiger partial charge < -0.3 is 19.3 Å². The summed E-state index contributed by atoms with van der Waals surface area (Å²) in [6.07, 6.45) is 0. The lowest BCUT2D eigenvalue weighted by atomic mass is 10.00. The van der Waals surface area contributed by atoms with Crippen molar-refractivity contribution in [2.24, 2.45) is 0 Å². The second-order valence-corrected chi connectivity index (χ2v) is 7.24. The lowest BCUT2D eigenvalue weighted by Gasteiger charge is -2.32. The van der Waals surface area contributed by atoms with Crippen molar-refractivity contribution in [3.8, 4) is 22.8 Å². The number of ether oxygens (including phenoxy) is 2. The molecule has 1 fully saturated rings. The van der Waals surface area contributed by atoms with Crippen LogP contribution >= 0.6 is 11.6 Å². The average Bonchev–Trinajstić information content (AvgIpc) is 2.93. The normalized spacial score (nSPS) is 19.3. The van der Waals surface area contributed by atoms with Gasteiger partial charge in [0.15, 0.2) is 11.5 Å². The van der Waals surface area contributed by atoms with Gasteiger partial charge in [-0.25, -0.2) is 9.97 Å². The highest BCUT2D eigenvalue weighted by atomic mass is 35.5. The number of halogens is 1. The Labute approximate surface area is 158 Å². The smallest absolute Gasteiger partial charge is 0.227 e. The molecule has 1 aromatic heterocycles. The van der Waals surface area contributed by atoms with Gasteiger partial charge in [0, 0.05) is 43.2 Å². The van der Waals surface area contributed by atoms with Crippen LogP contribution in [0, 0.1) is 0 Å². The first-order valence-electron chi connectivity index (χ1n) is 8.80. The first-order chi connectivity index (χ1) is 12.5. The van der Waals surface area contributed by atoms with Crippen LogP contribution in [0.3, 0.4) is 0 Å². The summed E-state index contributed by atoms with van der Waals surface area (Å²) in [6.45, 7) is 5.92. The molecule has 1 aromatic carbocycles. The highest BCUT2D eigenvalue weighted by Crippen LogP contribution is 2.50. The molecular formula is C19H23ClN4O2. The third-order valence-electron chi connectivity index (χ3n) is 5.38. The number of likely N-dealkylation sites (N-methyl/N-ethyl adjacent to an activating group) is 1. The van der Waals surface area contributed by atoms with Gasteiger partial charge in [0.25, 0.3) is 0 Å². The number of hydrogen-bond acceptors (Lipinski definition) is 6. The fourth-order valence-corrected chi connectivity index (χ4v) is 4.11. The Morgan fingerprint density at radius 3 is 2.35 bits per heavy atom. The van der Waals surface area contributed by atoms with Gasteiger partial charge in [-0.15, -0.1) is 0 Å². The maximum Gasteiger partial charge on any atom is 0.227 e. The fourth-order valence-electron chi connectivity index (χ4n) is 3.78. The molecule has 1 unspecified atom stereocenters. The molecule has 6 nitrogen and oxygen atoms in total. The lowest BCUT2D eigenvalue weighted by molar-refractivity contribution is 0.311. The number of anilines is 1. The zero-order chi connectivity index (χ0) is 18.4. The van der Waals surface area contributed by atoms with E-state index in [0.29, 0.717) is 22.6 Å². The molecule has 0 spiro atoms. The Kier molecular flexibility index (Phi) is 4.40. The van der Waals surface area contributed by atoms with Gasteiger partial charge in [0.1, 0.15) is 5.15 Å². The van der Waals surface area contributed by atoms with Crippen LogP contribution in [0.25, 0.3) is 11.3 Å². The van der Waals surface area contributed by atoms with Gasteiger partial charge in [0.2, 0.25) is 5.95 Å². The molecule has 138 valence electrons. The monoisotopic (exact) mass is 374 g/mol. The van der Waals surface area contributed by atoms with Crippen LogP contribution in [0.5, 0.6) is 11.5 Å². The molecule has 1 aliphatic heterocycles. The number of rotatable bonds is 3. The summed E-state index contributed by atoms with van der Waals surface area (Å²) in [7, 11) is 5.42. The first-order valence-corrected chi connectivity index (χ1v) is 9.18. The Morgan fingerprint density at radius 1 is 1.04 bits per heavy atom. The van der Waals surface area contributed by atoms with Crippen LogP contribution in [-0.4, -0.2) is 62.3 Å². The maximum atomic E-state index is 6.60. The number of methoxy groups -OCH3 is 2. The van der Waals surface area contributed by atoms with Crippen molar-refractivity contribution in [1.82, 2.24) is 14.9 Å². The molecule has 4 rings (SSSR count). The molecule has 1 aliphatic carbocycles. The van der Waals surface area contributed by atoms with Crippen molar-refractivity contribution >= 4 is 17.5 Å². The topological polar surface area (TPSA) is 50.7 Å². The maximum absolute atomic E-state index is 6.60. The molecule has 2 aliphatic rings. The number of hydrogen-bond donors (Lipinski definition) is 0. The predicted molar refractivity (Wildman–Crippen MR) is 103 cm³/mol. The van der Waals surface area contributed by atoms with E-state index in [4.69, 9.17) is 26.1 Å². The van der Waals surface area contributed by atoms with E-state index in [-0.39, 0.29) is 5.92 Å². The van der Waals surface area contributed by atoms with E-state index < -0.39 is 0 Å². The van der Waals surface area contributed by atoms with E-state index in [2.05, 4.69) is 28.8 Å². The van der Waals surface area contributed by atoms with Crippen molar-refractivity contribution in [3.05, 3.63) is 28.4 Å². The molecular weight excluding hydrogens is 352 g/mol. The molecule has 1 saturated heterocycles. The minimum atomic E-state index is 0.119. The van der Waals surface area contributed by atoms with Crippen LogP contribution < -0.4 is 14.4 Å². The number of benzene rings is 1.